The van der Waals surface area contributed by atoms with E-state index in [0.29, 0.717) is 12.5 Å². The first-order chi connectivity index (χ1) is 8.15. The van der Waals surface area contributed by atoms with Gasteiger partial charge in [0.25, 0.3) is 5.91 Å². The highest BCUT2D eigenvalue weighted by Gasteiger charge is 2.20. The SMILES string of the molecule is CN1CCC(CNC(=O)c2cncc(N)n2)C1. The second-order valence-electron chi connectivity index (χ2n) is 4.46. The van der Waals surface area contributed by atoms with Crippen molar-refractivity contribution in [2.45, 2.75) is 6.42 Å². The third-order valence-electron chi connectivity index (χ3n) is 2.93. The lowest BCUT2D eigenvalue weighted by Gasteiger charge is -2.11. The van der Waals surface area contributed by atoms with Crippen LogP contribution >= 0.6 is 0 Å². The van der Waals surface area contributed by atoms with Crippen LogP contribution in [-0.4, -0.2) is 47.5 Å². The second kappa shape index (κ2) is 5.09. The van der Waals surface area contributed by atoms with Crippen molar-refractivity contribution in [2.24, 2.45) is 5.92 Å². The van der Waals surface area contributed by atoms with Gasteiger partial charge in [-0.3, -0.25) is 9.78 Å². The maximum absolute atomic E-state index is 11.8. The molecule has 1 saturated heterocycles. The molecule has 6 heteroatoms. The molecule has 3 N–H and O–H groups in total. The van der Waals surface area contributed by atoms with E-state index >= 15 is 0 Å². The molecule has 17 heavy (non-hydrogen) atoms. The summed E-state index contributed by atoms with van der Waals surface area (Å²) >= 11 is 0. The molecular weight excluding hydrogens is 218 g/mol. The average molecular weight is 235 g/mol. The summed E-state index contributed by atoms with van der Waals surface area (Å²) in [6.07, 6.45) is 3.97. The Hall–Kier alpha value is -1.69. The number of nitrogens with one attached hydrogen (secondary N) is 1. The number of hydrogen-bond acceptors (Lipinski definition) is 5. The Balaban J connectivity index is 1.85. The molecule has 2 rings (SSSR count). The number of aromatic nitrogens is 2. The van der Waals surface area contributed by atoms with Gasteiger partial charge in [-0.1, -0.05) is 0 Å². The summed E-state index contributed by atoms with van der Waals surface area (Å²) in [5, 5.41) is 2.86. The molecule has 0 saturated carbocycles. The molecule has 1 aliphatic heterocycles. The first kappa shape index (κ1) is 11.8. The van der Waals surface area contributed by atoms with Gasteiger partial charge in [0.05, 0.1) is 12.4 Å². The molecule has 0 aliphatic carbocycles. The van der Waals surface area contributed by atoms with Gasteiger partial charge in [-0.05, 0) is 25.9 Å². The van der Waals surface area contributed by atoms with Crippen LogP contribution in [0.5, 0.6) is 0 Å². The van der Waals surface area contributed by atoms with Crippen molar-refractivity contribution in [3.05, 3.63) is 18.1 Å². The van der Waals surface area contributed by atoms with Gasteiger partial charge in [-0.25, -0.2) is 4.98 Å². The number of nitrogens with two attached hydrogens (primary N) is 1. The molecule has 1 aromatic rings. The van der Waals surface area contributed by atoms with E-state index in [1.807, 2.05) is 0 Å². The maximum atomic E-state index is 11.8. The Bertz CT molecular complexity index is 409. The predicted molar refractivity (Wildman–Crippen MR) is 64.4 cm³/mol. The molecule has 1 aromatic heterocycles. The molecule has 1 amide bonds. The van der Waals surface area contributed by atoms with Crippen molar-refractivity contribution in [3.8, 4) is 0 Å². The zero-order valence-electron chi connectivity index (χ0n) is 9.89. The van der Waals surface area contributed by atoms with Crippen LogP contribution in [0.2, 0.25) is 0 Å². The lowest BCUT2D eigenvalue weighted by atomic mass is 10.1. The summed E-state index contributed by atoms with van der Waals surface area (Å²) < 4.78 is 0. The molecule has 1 fully saturated rings. The predicted octanol–water partition coefficient (Wildman–Crippen LogP) is -0.260. The highest BCUT2D eigenvalue weighted by Crippen LogP contribution is 2.12. The van der Waals surface area contributed by atoms with Gasteiger partial charge in [-0.2, -0.15) is 0 Å². The van der Waals surface area contributed by atoms with Gasteiger partial charge >= 0.3 is 0 Å². The third-order valence-corrected chi connectivity index (χ3v) is 2.93. The fourth-order valence-electron chi connectivity index (χ4n) is 2.01. The van der Waals surface area contributed by atoms with Crippen LogP contribution in [0.3, 0.4) is 0 Å². The summed E-state index contributed by atoms with van der Waals surface area (Å²) in [7, 11) is 2.09. The van der Waals surface area contributed by atoms with Crippen LogP contribution < -0.4 is 11.1 Å². The summed E-state index contributed by atoms with van der Waals surface area (Å²) in [6, 6.07) is 0. The minimum absolute atomic E-state index is 0.209. The lowest BCUT2D eigenvalue weighted by molar-refractivity contribution is 0.0942. The molecular formula is C11H17N5O. The molecule has 0 bridgehead atoms. The van der Waals surface area contributed by atoms with Crippen molar-refractivity contribution in [3.63, 3.8) is 0 Å². The number of hydrogen-bond donors (Lipinski definition) is 2. The van der Waals surface area contributed by atoms with Crippen molar-refractivity contribution in [1.29, 1.82) is 0 Å². The van der Waals surface area contributed by atoms with E-state index in [1.54, 1.807) is 0 Å². The van der Waals surface area contributed by atoms with Crippen LogP contribution in [0.15, 0.2) is 12.4 Å². The third kappa shape index (κ3) is 3.13. The van der Waals surface area contributed by atoms with E-state index in [-0.39, 0.29) is 17.4 Å². The largest absolute Gasteiger partial charge is 0.382 e. The molecule has 0 radical (unpaired) electrons. The summed E-state index contributed by atoms with van der Waals surface area (Å²) in [4.78, 5) is 21.8. The minimum atomic E-state index is -0.209. The van der Waals surface area contributed by atoms with E-state index in [4.69, 9.17) is 5.73 Å². The van der Waals surface area contributed by atoms with Crippen LogP contribution in [0, 0.1) is 5.92 Å². The van der Waals surface area contributed by atoms with Crippen molar-refractivity contribution >= 4 is 11.7 Å². The standard InChI is InChI=1S/C11H17N5O/c1-16-3-2-8(7-16)4-14-11(17)9-5-13-6-10(12)15-9/h5-6,8H,2-4,7H2,1H3,(H2,12,15)(H,14,17). The highest BCUT2D eigenvalue weighted by molar-refractivity contribution is 5.92. The Morgan fingerprint density at radius 3 is 3.12 bits per heavy atom. The Labute approximate surface area is 100 Å². The van der Waals surface area contributed by atoms with Gasteiger partial charge in [0.15, 0.2) is 0 Å². The van der Waals surface area contributed by atoms with Gasteiger partial charge < -0.3 is 16.0 Å². The number of anilines is 1. The van der Waals surface area contributed by atoms with Crippen molar-refractivity contribution in [2.75, 3.05) is 32.4 Å². The normalized spacial score (nSPS) is 20.4. The smallest absolute Gasteiger partial charge is 0.271 e. The molecule has 1 aliphatic rings. The zero-order valence-corrected chi connectivity index (χ0v) is 9.89. The summed E-state index contributed by atoms with van der Waals surface area (Å²) in [5.74, 6) is 0.579. The van der Waals surface area contributed by atoms with E-state index in [0.717, 1.165) is 19.5 Å². The fraction of sp³-hybridized carbons (Fsp3) is 0.545. The van der Waals surface area contributed by atoms with Crippen molar-refractivity contribution in [1.82, 2.24) is 20.2 Å². The van der Waals surface area contributed by atoms with Gasteiger partial charge in [-0.15, -0.1) is 0 Å². The number of nitrogens with zero attached hydrogens (tertiary/aromatic N) is 3. The molecule has 2 heterocycles. The Kier molecular flexibility index (Phi) is 3.53. The number of likely N-dealkylation sites (tertiary alicyclic amines) is 1. The Morgan fingerprint density at radius 2 is 2.47 bits per heavy atom. The van der Waals surface area contributed by atoms with Crippen molar-refractivity contribution < 1.29 is 4.79 Å². The average Bonchev–Trinajstić information content (AvgIpc) is 2.72. The van der Waals surface area contributed by atoms with Gasteiger partial charge in [0, 0.05) is 13.1 Å². The zero-order chi connectivity index (χ0) is 12.3. The number of nitrogen functional groups attached to an aromatic ring is 1. The molecule has 6 nitrogen and oxygen atoms in total. The molecule has 1 atom stereocenters. The molecule has 0 aromatic carbocycles. The van der Waals surface area contributed by atoms with Crippen LogP contribution in [0.1, 0.15) is 16.9 Å². The molecule has 92 valence electrons. The van der Waals surface area contributed by atoms with Crippen LogP contribution in [0.25, 0.3) is 0 Å². The monoisotopic (exact) mass is 235 g/mol. The van der Waals surface area contributed by atoms with E-state index in [1.165, 1.54) is 12.4 Å². The first-order valence-corrected chi connectivity index (χ1v) is 5.69. The quantitative estimate of drug-likeness (QED) is 0.754. The summed E-state index contributed by atoms with van der Waals surface area (Å²) in [6.45, 7) is 2.81. The van der Waals surface area contributed by atoms with Gasteiger partial charge in [0.2, 0.25) is 0 Å². The highest BCUT2D eigenvalue weighted by atomic mass is 16.1. The first-order valence-electron chi connectivity index (χ1n) is 5.69. The molecule has 1 unspecified atom stereocenters. The van der Waals surface area contributed by atoms with Crippen LogP contribution in [-0.2, 0) is 0 Å². The van der Waals surface area contributed by atoms with E-state index in [9.17, 15) is 4.79 Å². The Morgan fingerprint density at radius 1 is 1.65 bits per heavy atom. The summed E-state index contributed by atoms with van der Waals surface area (Å²) in [5.41, 5.74) is 5.75. The minimum Gasteiger partial charge on any atom is -0.382 e. The van der Waals surface area contributed by atoms with E-state index < -0.39 is 0 Å². The number of carbonyl (C=O) groups is 1. The lowest BCUT2D eigenvalue weighted by Crippen LogP contribution is -2.31. The number of carbonyl (C=O) groups excluding carboxylic acids is 1. The van der Waals surface area contributed by atoms with E-state index in [2.05, 4.69) is 27.2 Å². The fourth-order valence-corrected chi connectivity index (χ4v) is 2.01. The topological polar surface area (TPSA) is 84.1 Å². The maximum Gasteiger partial charge on any atom is 0.271 e. The van der Waals surface area contributed by atoms with Crippen LogP contribution in [0.4, 0.5) is 5.82 Å². The number of rotatable bonds is 3. The number of amides is 1. The van der Waals surface area contributed by atoms with Gasteiger partial charge in [0.1, 0.15) is 11.5 Å². The second-order valence-corrected chi connectivity index (χ2v) is 4.46. The molecule has 0 spiro atoms.